The molecule has 0 aromatic rings. The Balaban J connectivity index is 2.02. The molecule has 0 spiro atoms. The molecule has 0 aromatic carbocycles. The van der Waals surface area contributed by atoms with Gasteiger partial charge in [-0.1, -0.05) is 27.5 Å². The molecule has 4 heteroatoms. The molecular weight excluding hydrogens is 178 g/mol. The lowest BCUT2D eigenvalue weighted by Crippen LogP contribution is -1.89. The molecule has 1 aliphatic heterocycles. The fraction of sp³-hybridized carbons (Fsp3) is 1.00. The first-order valence-corrected chi connectivity index (χ1v) is 7.38. The maximum absolute atomic E-state index is 5.01. The van der Waals surface area contributed by atoms with E-state index in [1.54, 1.807) is 0 Å². The minimum absolute atomic E-state index is 0.585. The van der Waals surface area contributed by atoms with Gasteiger partial charge < -0.3 is 0 Å². The van der Waals surface area contributed by atoms with Crippen molar-refractivity contribution < 1.29 is 9.56 Å². The van der Waals surface area contributed by atoms with Gasteiger partial charge in [-0.15, -0.1) is 0 Å². The van der Waals surface area contributed by atoms with Gasteiger partial charge in [-0.05, 0) is 19.0 Å². The minimum Gasteiger partial charge on any atom is -0.233 e. The van der Waals surface area contributed by atoms with Gasteiger partial charge >= 0.3 is 0 Å². The van der Waals surface area contributed by atoms with E-state index in [1.807, 2.05) is 0 Å². The second-order valence-electron chi connectivity index (χ2n) is 2.70. The van der Waals surface area contributed by atoms with Crippen LogP contribution in [0.4, 0.5) is 0 Å². The first-order chi connectivity index (χ1) is 5.50. The van der Waals surface area contributed by atoms with E-state index in [0.29, 0.717) is 8.50 Å². The highest BCUT2D eigenvalue weighted by Crippen LogP contribution is 2.38. The Kier molecular flexibility index (Phi) is 6.66. The van der Waals surface area contributed by atoms with Crippen molar-refractivity contribution >= 4 is 16.8 Å². The second-order valence-corrected chi connectivity index (χ2v) is 5.60. The average molecular weight is 194 g/mol. The van der Waals surface area contributed by atoms with Gasteiger partial charge in [0.05, 0.1) is 15.1 Å². The van der Waals surface area contributed by atoms with E-state index in [4.69, 9.17) is 9.56 Å². The van der Waals surface area contributed by atoms with Gasteiger partial charge in [0, 0.05) is 0 Å². The fourth-order valence-electron chi connectivity index (χ4n) is 1.06. The monoisotopic (exact) mass is 194 g/mol. The molecule has 1 rings (SSSR count). The van der Waals surface area contributed by atoms with Crippen LogP contribution in [0.25, 0.3) is 0 Å². The summed E-state index contributed by atoms with van der Waals surface area (Å²) in [6, 6.07) is 0. The zero-order chi connectivity index (χ0) is 7.78. The summed E-state index contributed by atoms with van der Waals surface area (Å²) < 4.78 is 5.01. The van der Waals surface area contributed by atoms with Crippen LogP contribution in [0.5, 0.6) is 0 Å². The van der Waals surface area contributed by atoms with Crippen molar-refractivity contribution in [2.75, 3.05) is 12.8 Å². The van der Waals surface area contributed by atoms with Crippen LogP contribution < -0.4 is 0 Å². The molecule has 0 bridgehead atoms. The highest BCUT2D eigenvalue weighted by molar-refractivity contribution is 8.09. The lowest BCUT2D eigenvalue weighted by atomic mass is 10.2. The zero-order valence-electron chi connectivity index (χ0n) is 6.77. The Labute approximate surface area is 71.9 Å². The lowest BCUT2D eigenvalue weighted by molar-refractivity contribution is -0.194. The van der Waals surface area contributed by atoms with E-state index >= 15 is 0 Å². The summed E-state index contributed by atoms with van der Waals surface area (Å²) in [4.78, 5) is 4.98. The van der Waals surface area contributed by atoms with Crippen molar-refractivity contribution in [1.82, 2.24) is 0 Å². The van der Waals surface area contributed by atoms with Crippen LogP contribution in [0, 0.1) is 0 Å². The van der Waals surface area contributed by atoms with Gasteiger partial charge in [-0.3, -0.25) is 0 Å². The van der Waals surface area contributed by atoms with Crippen molar-refractivity contribution in [3.05, 3.63) is 0 Å². The van der Waals surface area contributed by atoms with Crippen LogP contribution >= 0.6 is 16.8 Å². The van der Waals surface area contributed by atoms with Crippen molar-refractivity contribution in [3.8, 4) is 0 Å². The molecule has 0 radical (unpaired) electrons. The first kappa shape index (κ1) is 9.86. The normalized spacial score (nSPS) is 28.4. The van der Waals surface area contributed by atoms with Crippen molar-refractivity contribution in [1.29, 1.82) is 0 Å². The highest BCUT2D eigenvalue weighted by atomic mass is 32.0. The fourth-order valence-corrected chi connectivity index (χ4v) is 2.98. The maximum Gasteiger partial charge on any atom is 0.0825 e. The maximum atomic E-state index is 5.01. The summed E-state index contributed by atoms with van der Waals surface area (Å²) in [6.07, 6.45) is 7.95. The molecule has 0 saturated carbocycles. The Morgan fingerprint density at radius 1 is 0.909 bits per heavy atom. The Bertz CT molecular complexity index is 52.5. The van der Waals surface area contributed by atoms with Crippen molar-refractivity contribution in [2.24, 2.45) is 0 Å². The lowest BCUT2D eigenvalue weighted by Gasteiger charge is -2.00. The molecule has 0 aliphatic carbocycles. The summed E-state index contributed by atoms with van der Waals surface area (Å²) in [6.45, 7) is 0.789. The van der Waals surface area contributed by atoms with Crippen LogP contribution in [-0.2, 0) is 9.56 Å². The van der Waals surface area contributed by atoms with Crippen LogP contribution in [0.3, 0.4) is 0 Å². The molecule has 2 nitrogen and oxygen atoms in total. The van der Waals surface area contributed by atoms with Crippen LogP contribution in [0.2, 0.25) is 0 Å². The third-order valence-electron chi connectivity index (χ3n) is 1.70. The molecule has 1 heterocycles. The SMILES string of the molecule is C1CCCOOPPCCC1. The molecular formula is C7H16O2P2. The molecule has 1 fully saturated rings. The van der Waals surface area contributed by atoms with Gasteiger partial charge in [0.1, 0.15) is 0 Å². The summed E-state index contributed by atoms with van der Waals surface area (Å²) in [5.41, 5.74) is 0. The molecule has 1 saturated heterocycles. The second kappa shape index (κ2) is 7.43. The van der Waals surface area contributed by atoms with Gasteiger partial charge in [0.25, 0.3) is 0 Å². The third-order valence-corrected chi connectivity index (χ3v) is 4.08. The van der Waals surface area contributed by atoms with Crippen LogP contribution in [-0.4, -0.2) is 12.8 Å². The third kappa shape index (κ3) is 5.99. The minimum atomic E-state index is 0.585. The van der Waals surface area contributed by atoms with Gasteiger partial charge in [-0.25, -0.2) is 9.56 Å². The Morgan fingerprint density at radius 3 is 2.73 bits per heavy atom. The summed E-state index contributed by atoms with van der Waals surface area (Å²) >= 11 is 0. The zero-order valence-corrected chi connectivity index (χ0v) is 8.77. The molecule has 66 valence electrons. The molecule has 1 aliphatic rings. The van der Waals surface area contributed by atoms with E-state index in [1.165, 1.54) is 31.8 Å². The quantitative estimate of drug-likeness (QED) is 0.435. The topological polar surface area (TPSA) is 18.5 Å². The van der Waals surface area contributed by atoms with E-state index < -0.39 is 0 Å². The Hall–Kier alpha value is 0.780. The molecule has 11 heavy (non-hydrogen) atoms. The average Bonchev–Trinajstić information content (AvgIpc) is 2.08. The highest BCUT2D eigenvalue weighted by Gasteiger charge is 1.96. The summed E-state index contributed by atoms with van der Waals surface area (Å²) in [5.74, 6) is 0. The number of hydrogen-bond acceptors (Lipinski definition) is 2. The van der Waals surface area contributed by atoms with Crippen molar-refractivity contribution in [2.45, 2.75) is 32.1 Å². The van der Waals surface area contributed by atoms with Crippen LogP contribution in [0.15, 0.2) is 0 Å². The van der Waals surface area contributed by atoms with E-state index in [0.717, 1.165) is 21.3 Å². The largest absolute Gasteiger partial charge is 0.233 e. The first-order valence-electron chi connectivity index (χ1n) is 4.26. The Morgan fingerprint density at radius 2 is 1.73 bits per heavy atom. The molecule has 2 unspecified atom stereocenters. The van der Waals surface area contributed by atoms with Gasteiger partial charge in [0.15, 0.2) is 0 Å². The molecule has 0 amide bonds. The van der Waals surface area contributed by atoms with Gasteiger partial charge in [-0.2, -0.15) is 0 Å². The predicted molar refractivity (Wildman–Crippen MR) is 51.6 cm³/mol. The predicted octanol–water partition coefficient (Wildman–Crippen LogP) is 3.09. The molecule has 0 N–H and O–H groups in total. The molecule has 2 atom stereocenters. The van der Waals surface area contributed by atoms with Crippen molar-refractivity contribution in [3.63, 3.8) is 0 Å². The summed E-state index contributed by atoms with van der Waals surface area (Å²) in [5, 5.41) is 0. The number of hydrogen-bond donors (Lipinski definition) is 0. The van der Waals surface area contributed by atoms with Gasteiger partial charge in [0.2, 0.25) is 0 Å². The van der Waals surface area contributed by atoms with Crippen LogP contribution in [0.1, 0.15) is 32.1 Å². The number of rotatable bonds is 0. The van der Waals surface area contributed by atoms with E-state index in [-0.39, 0.29) is 0 Å². The summed E-state index contributed by atoms with van der Waals surface area (Å²) in [7, 11) is 1.55. The smallest absolute Gasteiger partial charge is 0.0825 e. The van der Waals surface area contributed by atoms with E-state index in [2.05, 4.69) is 0 Å². The molecule has 0 aromatic heterocycles. The standard InChI is InChI=1S/C7H16O2P2/c1-2-4-6-8-9-11-10-7-5-3-1/h10-11H,1-7H2. The van der Waals surface area contributed by atoms with E-state index in [9.17, 15) is 0 Å².